The molecule has 0 amide bonds. The van der Waals surface area contributed by atoms with Gasteiger partial charge in [0.15, 0.2) is 0 Å². The molecule has 4 nitrogen and oxygen atoms in total. The summed E-state index contributed by atoms with van der Waals surface area (Å²) in [4.78, 5) is 4.84. The van der Waals surface area contributed by atoms with E-state index in [0.29, 0.717) is 5.92 Å². The van der Waals surface area contributed by atoms with Crippen LogP contribution in [0.5, 0.6) is 0 Å². The van der Waals surface area contributed by atoms with E-state index in [1.54, 1.807) is 0 Å². The van der Waals surface area contributed by atoms with E-state index < -0.39 is 0 Å². The van der Waals surface area contributed by atoms with E-state index >= 15 is 0 Å². The van der Waals surface area contributed by atoms with E-state index in [2.05, 4.69) is 29.9 Å². The Morgan fingerprint density at radius 2 is 2.10 bits per heavy atom. The first-order valence-corrected chi connectivity index (χ1v) is 8.07. The summed E-state index contributed by atoms with van der Waals surface area (Å²) in [7, 11) is 0. The molecule has 2 N–H and O–H groups in total. The Labute approximate surface area is 122 Å². The summed E-state index contributed by atoms with van der Waals surface area (Å²) >= 11 is 0. The third-order valence-electron chi connectivity index (χ3n) is 4.13. The molecule has 0 bridgehead atoms. The quantitative estimate of drug-likeness (QED) is 0.752. The molecule has 0 aromatic carbocycles. The van der Waals surface area contributed by atoms with Gasteiger partial charge >= 0.3 is 0 Å². The van der Waals surface area contributed by atoms with Crippen molar-refractivity contribution in [2.45, 2.75) is 64.8 Å². The summed E-state index contributed by atoms with van der Waals surface area (Å²) < 4.78 is 2.32. The first-order chi connectivity index (χ1) is 9.74. The third kappa shape index (κ3) is 3.92. The molecule has 0 spiro atoms. The maximum Gasteiger partial charge on any atom is 0.112 e. The lowest BCUT2D eigenvalue weighted by Gasteiger charge is -2.23. The van der Waals surface area contributed by atoms with E-state index in [9.17, 15) is 0 Å². The minimum absolute atomic E-state index is 0.594. The molecular formula is C16H28N4. The Hall–Kier alpha value is -1.16. The van der Waals surface area contributed by atoms with Crippen molar-refractivity contribution in [2.75, 3.05) is 13.1 Å². The zero-order valence-electron chi connectivity index (χ0n) is 12.9. The maximum atomic E-state index is 7.96. The summed E-state index contributed by atoms with van der Waals surface area (Å²) in [6, 6.07) is 0. The van der Waals surface area contributed by atoms with Crippen LogP contribution in [0.15, 0.2) is 6.20 Å². The molecule has 4 heteroatoms. The van der Waals surface area contributed by atoms with Gasteiger partial charge in [-0.15, -0.1) is 0 Å². The smallest absolute Gasteiger partial charge is 0.112 e. The second-order valence-electron chi connectivity index (χ2n) is 5.77. The van der Waals surface area contributed by atoms with Gasteiger partial charge in [0.25, 0.3) is 0 Å². The third-order valence-corrected chi connectivity index (χ3v) is 4.13. The Kier molecular flexibility index (Phi) is 5.77. The number of nitrogens with one attached hydrogen (secondary N) is 2. The van der Waals surface area contributed by atoms with E-state index in [1.807, 2.05) is 0 Å². The van der Waals surface area contributed by atoms with Gasteiger partial charge in [-0.05, 0) is 38.8 Å². The van der Waals surface area contributed by atoms with E-state index in [0.717, 1.165) is 51.0 Å². The van der Waals surface area contributed by atoms with Gasteiger partial charge in [0, 0.05) is 30.8 Å². The number of hydrogen-bond acceptors (Lipinski definition) is 3. The summed E-state index contributed by atoms with van der Waals surface area (Å²) in [5.41, 5.74) is 2.07. The van der Waals surface area contributed by atoms with Crippen molar-refractivity contribution in [3.63, 3.8) is 0 Å². The SMILES string of the molecule is CCCC(=N)CCn1cc(CC)nc1C1CCNCC1. The molecule has 1 fully saturated rings. The predicted molar refractivity (Wildman–Crippen MR) is 83.7 cm³/mol. The average molecular weight is 276 g/mol. The van der Waals surface area contributed by atoms with Gasteiger partial charge < -0.3 is 15.3 Å². The highest BCUT2D eigenvalue weighted by Crippen LogP contribution is 2.25. The van der Waals surface area contributed by atoms with Crippen molar-refractivity contribution in [1.29, 1.82) is 5.41 Å². The normalized spacial score (nSPS) is 16.5. The van der Waals surface area contributed by atoms with Crippen molar-refractivity contribution in [1.82, 2.24) is 14.9 Å². The summed E-state index contributed by atoms with van der Waals surface area (Å²) in [6.07, 6.45) is 8.45. The summed E-state index contributed by atoms with van der Waals surface area (Å²) in [6.45, 7) is 7.43. The molecular weight excluding hydrogens is 248 g/mol. The zero-order valence-corrected chi connectivity index (χ0v) is 12.9. The van der Waals surface area contributed by atoms with Crippen LogP contribution in [-0.2, 0) is 13.0 Å². The number of aromatic nitrogens is 2. The lowest BCUT2D eigenvalue weighted by atomic mass is 9.97. The number of nitrogens with zero attached hydrogens (tertiary/aromatic N) is 2. The lowest BCUT2D eigenvalue weighted by molar-refractivity contribution is 0.431. The first kappa shape index (κ1) is 15.2. The van der Waals surface area contributed by atoms with Gasteiger partial charge in [-0.3, -0.25) is 0 Å². The molecule has 1 aromatic heterocycles. The van der Waals surface area contributed by atoms with Gasteiger partial charge in [-0.2, -0.15) is 0 Å². The van der Waals surface area contributed by atoms with Crippen molar-refractivity contribution >= 4 is 5.71 Å². The number of piperidine rings is 1. The van der Waals surface area contributed by atoms with Crippen LogP contribution >= 0.6 is 0 Å². The fourth-order valence-electron chi connectivity index (χ4n) is 2.92. The molecule has 0 saturated carbocycles. The highest BCUT2D eigenvalue weighted by molar-refractivity contribution is 5.81. The Bertz CT molecular complexity index is 430. The molecule has 1 aromatic rings. The number of hydrogen-bond donors (Lipinski definition) is 2. The van der Waals surface area contributed by atoms with Crippen LogP contribution in [0, 0.1) is 5.41 Å². The second-order valence-corrected chi connectivity index (χ2v) is 5.77. The molecule has 112 valence electrons. The van der Waals surface area contributed by atoms with Crippen molar-refractivity contribution in [3.05, 3.63) is 17.7 Å². The van der Waals surface area contributed by atoms with Crippen molar-refractivity contribution in [2.24, 2.45) is 0 Å². The maximum absolute atomic E-state index is 7.96. The van der Waals surface area contributed by atoms with Crippen LogP contribution in [0.4, 0.5) is 0 Å². The van der Waals surface area contributed by atoms with Gasteiger partial charge in [-0.25, -0.2) is 4.98 Å². The van der Waals surface area contributed by atoms with Crippen LogP contribution in [-0.4, -0.2) is 28.4 Å². The topological polar surface area (TPSA) is 53.7 Å². The summed E-state index contributed by atoms with van der Waals surface area (Å²) in [5, 5.41) is 11.4. The minimum atomic E-state index is 0.594. The fourth-order valence-corrected chi connectivity index (χ4v) is 2.92. The Morgan fingerprint density at radius 3 is 2.75 bits per heavy atom. The van der Waals surface area contributed by atoms with Crippen LogP contribution in [0.25, 0.3) is 0 Å². The van der Waals surface area contributed by atoms with Crippen LogP contribution in [0.2, 0.25) is 0 Å². The fraction of sp³-hybridized carbons (Fsp3) is 0.750. The van der Waals surface area contributed by atoms with Gasteiger partial charge in [0.05, 0.1) is 5.69 Å². The molecule has 0 radical (unpaired) electrons. The highest BCUT2D eigenvalue weighted by atomic mass is 15.1. The van der Waals surface area contributed by atoms with Gasteiger partial charge in [-0.1, -0.05) is 20.3 Å². The monoisotopic (exact) mass is 276 g/mol. The Morgan fingerprint density at radius 1 is 1.35 bits per heavy atom. The molecule has 0 aliphatic carbocycles. The average Bonchev–Trinajstić information content (AvgIpc) is 2.90. The molecule has 0 atom stereocenters. The second kappa shape index (κ2) is 7.58. The van der Waals surface area contributed by atoms with Crippen molar-refractivity contribution < 1.29 is 0 Å². The lowest BCUT2D eigenvalue weighted by Crippen LogP contribution is -2.28. The van der Waals surface area contributed by atoms with Crippen LogP contribution < -0.4 is 5.32 Å². The largest absolute Gasteiger partial charge is 0.334 e. The number of imidazole rings is 1. The molecule has 2 rings (SSSR count). The first-order valence-electron chi connectivity index (χ1n) is 8.07. The number of rotatable bonds is 7. The van der Waals surface area contributed by atoms with Gasteiger partial charge in [0.2, 0.25) is 0 Å². The standard InChI is InChI=1S/C16H28N4/c1-3-5-14(17)8-11-20-12-15(4-2)19-16(20)13-6-9-18-10-7-13/h12-13,17-18H,3-11H2,1-2H3. The van der Waals surface area contributed by atoms with E-state index in [1.165, 1.54) is 24.4 Å². The molecule has 2 heterocycles. The van der Waals surface area contributed by atoms with Crippen LogP contribution in [0.3, 0.4) is 0 Å². The van der Waals surface area contributed by atoms with E-state index in [-0.39, 0.29) is 0 Å². The minimum Gasteiger partial charge on any atom is -0.334 e. The molecule has 1 saturated heterocycles. The molecule has 0 unspecified atom stereocenters. The predicted octanol–water partition coefficient (Wildman–Crippen LogP) is 3.12. The summed E-state index contributed by atoms with van der Waals surface area (Å²) in [5.74, 6) is 1.85. The molecule has 1 aliphatic heterocycles. The van der Waals surface area contributed by atoms with E-state index in [4.69, 9.17) is 10.4 Å². The highest BCUT2D eigenvalue weighted by Gasteiger charge is 2.21. The zero-order chi connectivity index (χ0) is 14.4. The molecule has 20 heavy (non-hydrogen) atoms. The van der Waals surface area contributed by atoms with Crippen molar-refractivity contribution in [3.8, 4) is 0 Å². The Balaban J connectivity index is 2.05. The van der Waals surface area contributed by atoms with Gasteiger partial charge in [0.1, 0.15) is 5.82 Å². The molecule has 1 aliphatic rings. The number of aryl methyl sites for hydroxylation is 2. The van der Waals surface area contributed by atoms with Crippen LogP contribution in [0.1, 0.15) is 63.4 Å².